The lowest BCUT2D eigenvalue weighted by molar-refractivity contribution is -0.132. The van der Waals surface area contributed by atoms with Crippen LogP contribution in [0.4, 0.5) is 0 Å². The van der Waals surface area contributed by atoms with Crippen molar-refractivity contribution in [3.05, 3.63) is 24.2 Å². The summed E-state index contributed by atoms with van der Waals surface area (Å²) in [5, 5.41) is 28.7. The molecule has 0 aliphatic rings. The van der Waals surface area contributed by atoms with Crippen LogP contribution in [0.5, 0.6) is 0 Å². The number of carbonyl (C=O) groups is 4. The van der Waals surface area contributed by atoms with Gasteiger partial charge in [-0.3, -0.25) is 24.2 Å². The van der Waals surface area contributed by atoms with Gasteiger partial charge in [-0.25, -0.2) is 0 Å². The third kappa shape index (κ3) is 14.9. The van der Waals surface area contributed by atoms with E-state index >= 15 is 0 Å². The number of amides is 4. The maximum absolute atomic E-state index is 13.1. The molecule has 45 heavy (non-hydrogen) atoms. The van der Waals surface area contributed by atoms with Crippen molar-refractivity contribution in [2.75, 3.05) is 13.1 Å². The molecule has 256 valence electrons. The molecule has 12 nitrogen and oxygen atoms in total. The SMILES string of the molecule is CCC(C)N(C[C@H](C)C(=O)NCC(=O)N[C@@H](CC(C)C)[C@@H](O)C[C@@H](C)C(=O)N[C@H](C(=O)NCc1ccco1)C(C)C)N=C(C)C. The first-order valence-corrected chi connectivity index (χ1v) is 16.2. The first-order valence-electron chi connectivity index (χ1n) is 16.2. The van der Waals surface area contributed by atoms with Crippen molar-refractivity contribution in [1.82, 2.24) is 26.3 Å². The monoisotopic (exact) mass is 634 g/mol. The van der Waals surface area contributed by atoms with E-state index in [0.29, 0.717) is 18.7 Å². The molecule has 1 unspecified atom stereocenters. The molecule has 0 aromatic carbocycles. The van der Waals surface area contributed by atoms with Gasteiger partial charge in [-0.1, -0.05) is 48.5 Å². The summed E-state index contributed by atoms with van der Waals surface area (Å²) >= 11 is 0. The van der Waals surface area contributed by atoms with E-state index in [0.717, 1.165) is 12.1 Å². The first-order chi connectivity index (χ1) is 21.0. The maximum atomic E-state index is 13.1. The van der Waals surface area contributed by atoms with Crippen molar-refractivity contribution in [1.29, 1.82) is 0 Å². The second-order valence-electron chi connectivity index (χ2n) is 13.1. The predicted molar refractivity (Wildman–Crippen MR) is 176 cm³/mol. The normalized spacial score (nSPS) is 15.3. The zero-order valence-electron chi connectivity index (χ0n) is 29.0. The highest BCUT2D eigenvalue weighted by molar-refractivity contribution is 5.88. The topological polar surface area (TPSA) is 165 Å². The van der Waals surface area contributed by atoms with Gasteiger partial charge in [0.15, 0.2) is 0 Å². The number of hydrogen-bond acceptors (Lipinski definition) is 8. The third-order valence-electron chi connectivity index (χ3n) is 7.60. The van der Waals surface area contributed by atoms with E-state index in [1.807, 2.05) is 46.6 Å². The van der Waals surface area contributed by atoms with Crippen LogP contribution in [0, 0.1) is 23.7 Å². The highest BCUT2D eigenvalue weighted by Gasteiger charge is 2.30. The van der Waals surface area contributed by atoms with Crippen molar-refractivity contribution >= 4 is 29.3 Å². The zero-order chi connectivity index (χ0) is 34.3. The van der Waals surface area contributed by atoms with Crippen LogP contribution in [0.15, 0.2) is 27.9 Å². The Kier molecular flexibility index (Phi) is 17.5. The minimum atomic E-state index is -1.02. The number of rotatable bonds is 20. The predicted octanol–water partition coefficient (Wildman–Crippen LogP) is 3.20. The largest absolute Gasteiger partial charge is 0.467 e. The summed E-state index contributed by atoms with van der Waals surface area (Å²) in [7, 11) is 0. The minimum absolute atomic E-state index is 0.0779. The lowest BCUT2D eigenvalue weighted by Gasteiger charge is -2.29. The Balaban J connectivity index is 2.73. The summed E-state index contributed by atoms with van der Waals surface area (Å²) in [6.45, 7) is 19.4. The molecule has 1 heterocycles. The maximum Gasteiger partial charge on any atom is 0.243 e. The molecule has 0 aliphatic carbocycles. The first kappa shape index (κ1) is 39.6. The Hall–Kier alpha value is -3.41. The third-order valence-corrected chi connectivity index (χ3v) is 7.60. The molecule has 0 bridgehead atoms. The standard InChI is InChI=1S/C33H58N6O6/c1-11-25(10)39(38-22(6)7)19-24(9)31(42)35-18-29(41)36-27(15-20(2)3)28(40)16-23(8)32(43)37-30(21(4)5)33(44)34-17-26-13-12-14-45-26/h12-14,20-21,23-25,27-28,30,40H,11,15-19H2,1-10H3,(H,34,44)(H,35,42)(H,36,41)(H,37,43)/t23-,24+,25?,27+,28+,30+/m1/s1. The van der Waals surface area contributed by atoms with E-state index in [4.69, 9.17) is 4.42 Å². The molecule has 1 aromatic heterocycles. The summed E-state index contributed by atoms with van der Waals surface area (Å²) in [5.74, 6) is -1.83. The van der Waals surface area contributed by atoms with Gasteiger partial charge in [0.25, 0.3) is 0 Å². The molecule has 0 spiro atoms. The molecule has 0 fully saturated rings. The fourth-order valence-electron chi connectivity index (χ4n) is 4.73. The highest BCUT2D eigenvalue weighted by Crippen LogP contribution is 2.17. The molecule has 6 atom stereocenters. The molecule has 1 aromatic rings. The van der Waals surface area contributed by atoms with E-state index in [-0.39, 0.29) is 55.1 Å². The Morgan fingerprint density at radius 1 is 0.911 bits per heavy atom. The highest BCUT2D eigenvalue weighted by atomic mass is 16.3. The second kappa shape index (κ2) is 19.9. The smallest absolute Gasteiger partial charge is 0.243 e. The number of nitrogens with one attached hydrogen (secondary N) is 4. The van der Waals surface area contributed by atoms with E-state index in [1.54, 1.807) is 26.0 Å². The number of aliphatic hydroxyl groups is 1. The molecule has 0 saturated heterocycles. The molecule has 0 saturated carbocycles. The van der Waals surface area contributed by atoms with Crippen molar-refractivity contribution in [3.63, 3.8) is 0 Å². The van der Waals surface area contributed by atoms with E-state index < -0.39 is 35.9 Å². The van der Waals surface area contributed by atoms with Crippen LogP contribution >= 0.6 is 0 Å². The van der Waals surface area contributed by atoms with Gasteiger partial charge in [-0.2, -0.15) is 5.10 Å². The van der Waals surface area contributed by atoms with Gasteiger partial charge < -0.3 is 30.8 Å². The van der Waals surface area contributed by atoms with Gasteiger partial charge in [0.1, 0.15) is 11.8 Å². The average Bonchev–Trinajstić information content (AvgIpc) is 3.49. The fraction of sp³-hybridized carbons (Fsp3) is 0.727. The van der Waals surface area contributed by atoms with Gasteiger partial charge in [-0.15, -0.1) is 0 Å². The van der Waals surface area contributed by atoms with Crippen LogP contribution in [0.1, 0.15) is 94.3 Å². The molecule has 0 radical (unpaired) electrons. The molecule has 5 N–H and O–H groups in total. The van der Waals surface area contributed by atoms with Crippen LogP contribution in [-0.2, 0) is 25.7 Å². The van der Waals surface area contributed by atoms with Gasteiger partial charge in [0, 0.05) is 24.2 Å². The summed E-state index contributed by atoms with van der Waals surface area (Å²) in [6, 6.07) is 2.26. The van der Waals surface area contributed by atoms with Gasteiger partial charge >= 0.3 is 0 Å². The summed E-state index contributed by atoms with van der Waals surface area (Å²) in [6.07, 6.45) is 1.95. The molecular formula is C33H58N6O6. The quantitative estimate of drug-likeness (QED) is 0.109. The summed E-state index contributed by atoms with van der Waals surface area (Å²) in [4.78, 5) is 51.5. The lowest BCUT2D eigenvalue weighted by atomic mass is 9.92. The van der Waals surface area contributed by atoms with Crippen molar-refractivity contribution in [2.45, 2.75) is 119 Å². The van der Waals surface area contributed by atoms with Gasteiger partial charge in [-0.05, 0) is 64.0 Å². The number of furan rings is 1. The van der Waals surface area contributed by atoms with E-state index in [9.17, 15) is 24.3 Å². The van der Waals surface area contributed by atoms with Gasteiger partial charge in [0.2, 0.25) is 23.6 Å². The van der Waals surface area contributed by atoms with Crippen LogP contribution in [0.3, 0.4) is 0 Å². The average molecular weight is 635 g/mol. The van der Waals surface area contributed by atoms with E-state index in [2.05, 4.69) is 40.2 Å². The summed E-state index contributed by atoms with van der Waals surface area (Å²) < 4.78 is 5.25. The van der Waals surface area contributed by atoms with Crippen molar-refractivity contribution in [2.24, 2.45) is 28.8 Å². The number of nitrogens with zero attached hydrogens (tertiary/aromatic N) is 2. The number of hydrogen-bond donors (Lipinski definition) is 5. The summed E-state index contributed by atoms with van der Waals surface area (Å²) in [5.41, 5.74) is 0.898. The second-order valence-corrected chi connectivity index (χ2v) is 13.1. The molecule has 0 aliphatic heterocycles. The van der Waals surface area contributed by atoms with Crippen molar-refractivity contribution < 1.29 is 28.7 Å². The molecule has 12 heteroatoms. The fourth-order valence-corrected chi connectivity index (χ4v) is 4.73. The zero-order valence-corrected chi connectivity index (χ0v) is 29.0. The Bertz CT molecular complexity index is 1090. The molecular weight excluding hydrogens is 576 g/mol. The van der Waals surface area contributed by atoms with Crippen LogP contribution in [0.25, 0.3) is 0 Å². The minimum Gasteiger partial charge on any atom is -0.467 e. The Morgan fingerprint density at radius 2 is 1.58 bits per heavy atom. The van der Waals surface area contributed by atoms with Crippen LogP contribution < -0.4 is 21.3 Å². The van der Waals surface area contributed by atoms with Crippen LogP contribution in [0.2, 0.25) is 0 Å². The number of aliphatic hydroxyl groups excluding tert-OH is 1. The lowest BCUT2D eigenvalue weighted by Crippen LogP contribution is -2.52. The number of hydrazone groups is 1. The van der Waals surface area contributed by atoms with Crippen LogP contribution in [-0.4, -0.2) is 76.8 Å². The van der Waals surface area contributed by atoms with Crippen molar-refractivity contribution in [3.8, 4) is 0 Å². The Labute approximate surface area is 269 Å². The molecule has 1 rings (SSSR count). The van der Waals surface area contributed by atoms with Gasteiger partial charge in [0.05, 0.1) is 37.4 Å². The Morgan fingerprint density at radius 3 is 2.11 bits per heavy atom. The molecule has 4 amide bonds. The number of carbonyl (C=O) groups excluding carboxylic acids is 4. The van der Waals surface area contributed by atoms with E-state index in [1.165, 1.54) is 6.26 Å².